The van der Waals surface area contributed by atoms with Gasteiger partial charge in [-0.1, -0.05) is 85.4 Å². The van der Waals surface area contributed by atoms with Crippen LogP contribution < -0.4 is 0 Å². The van der Waals surface area contributed by atoms with Gasteiger partial charge in [0.2, 0.25) is 0 Å². The molecular formula is C28H16N2. The number of nitrogens with zero attached hydrogens (tertiary/aromatic N) is 2. The van der Waals surface area contributed by atoms with Crippen molar-refractivity contribution in [1.82, 2.24) is 4.98 Å². The summed E-state index contributed by atoms with van der Waals surface area (Å²) in [7, 11) is 0. The van der Waals surface area contributed by atoms with E-state index in [4.69, 9.17) is 6.57 Å². The maximum absolute atomic E-state index is 7.18. The molecule has 0 spiro atoms. The Balaban J connectivity index is 1.53. The molecule has 0 fully saturated rings. The highest BCUT2D eigenvalue weighted by Crippen LogP contribution is 2.39. The van der Waals surface area contributed by atoms with Gasteiger partial charge in [-0.05, 0) is 66.7 Å². The number of benzene rings is 5. The fourth-order valence-electron chi connectivity index (χ4n) is 4.49. The molecule has 0 saturated heterocycles. The summed E-state index contributed by atoms with van der Waals surface area (Å²) < 4.78 is 0. The predicted octanol–water partition coefficient (Wildman–Crippen LogP) is 7.86. The van der Waals surface area contributed by atoms with Crippen LogP contribution in [0.1, 0.15) is 0 Å². The highest BCUT2D eigenvalue weighted by molar-refractivity contribution is 6.25. The lowest BCUT2D eigenvalue weighted by Crippen LogP contribution is -1.87. The first-order chi connectivity index (χ1) is 14.8. The molecule has 138 valence electrons. The zero-order valence-corrected chi connectivity index (χ0v) is 16.1. The van der Waals surface area contributed by atoms with Crippen LogP contribution in [-0.2, 0) is 0 Å². The summed E-state index contributed by atoms with van der Waals surface area (Å²) in [5, 5.41) is 7.80. The van der Waals surface area contributed by atoms with Crippen LogP contribution in [0.3, 0.4) is 0 Å². The minimum absolute atomic E-state index is 0.420. The Kier molecular flexibility index (Phi) is 3.57. The smallest absolute Gasteiger partial charge is 0.270 e. The van der Waals surface area contributed by atoms with Crippen molar-refractivity contribution in [2.75, 3.05) is 0 Å². The number of hydrogen-bond acceptors (Lipinski definition) is 1. The predicted molar refractivity (Wildman–Crippen MR) is 125 cm³/mol. The highest BCUT2D eigenvalue weighted by Gasteiger charge is 2.12. The summed E-state index contributed by atoms with van der Waals surface area (Å²) in [6.45, 7) is 7.18. The lowest BCUT2D eigenvalue weighted by molar-refractivity contribution is 1.35. The highest BCUT2D eigenvalue weighted by atomic mass is 14.8. The minimum Gasteiger partial charge on any atom is -0.361 e. The summed E-state index contributed by atoms with van der Waals surface area (Å²) in [6, 6.07) is 32.2. The molecule has 0 radical (unpaired) electrons. The Bertz CT molecular complexity index is 1570. The number of aromatic nitrogens is 1. The van der Waals surface area contributed by atoms with E-state index in [0.29, 0.717) is 5.82 Å². The molecule has 0 aliphatic carbocycles. The van der Waals surface area contributed by atoms with Crippen LogP contribution in [0.4, 0.5) is 5.82 Å². The molecule has 0 amide bonds. The van der Waals surface area contributed by atoms with E-state index in [1.807, 2.05) is 12.1 Å². The van der Waals surface area contributed by atoms with Crippen LogP contribution in [-0.4, -0.2) is 4.98 Å². The van der Waals surface area contributed by atoms with E-state index >= 15 is 0 Å². The van der Waals surface area contributed by atoms with Gasteiger partial charge in [-0.3, -0.25) is 0 Å². The molecule has 1 heterocycles. The average Bonchev–Trinajstić information content (AvgIpc) is 2.82. The summed E-state index contributed by atoms with van der Waals surface area (Å²) in [5.41, 5.74) is 4.53. The van der Waals surface area contributed by atoms with Gasteiger partial charge in [0.05, 0.1) is 0 Å². The first-order valence-corrected chi connectivity index (χ1v) is 9.93. The van der Waals surface area contributed by atoms with Gasteiger partial charge < -0.3 is 4.85 Å². The Labute approximate surface area is 174 Å². The van der Waals surface area contributed by atoms with Gasteiger partial charge in [0, 0.05) is 0 Å². The number of pyridine rings is 1. The lowest BCUT2D eigenvalue weighted by atomic mass is 9.89. The van der Waals surface area contributed by atoms with E-state index in [9.17, 15) is 0 Å². The van der Waals surface area contributed by atoms with Crippen molar-refractivity contribution in [3.8, 4) is 22.3 Å². The van der Waals surface area contributed by atoms with Gasteiger partial charge >= 0.3 is 0 Å². The van der Waals surface area contributed by atoms with Crippen LogP contribution in [0.2, 0.25) is 0 Å². The van der Waals surface area contributed by atoms with Crippen molar-refractivity contribution in [1.29, 1.82) is 0 Å². The van der Waals surface area contributed by atoms with Crippen molar-refractivity contribution in [3.63, 3.8) is 0 Å². The monoisotopic (exact) mass is 380 g/mol. The van der Waals surface area contributed by atoms with E-state index in [1.54, 1.807) is 6.20 Å². The molecule has 0 aliphatic rings. The van der Waals surface area contributed by atoms with E-state index in [0.717, 1.165) is 11.1 Å². The van der Waals surface area contributed by atoms with Crippen LogP contribution >= 0.6 is 0 Å². The van der Waals surface area contributed by atoms with Gasteiger partial charge in [0.15, 0.2) is 0 Å². The van der Waals surface area contributed by atoms with Gasteiger partial charge in [-0.2, -0.15) is 0 Å². The maximum atomic E-state index is 7.18. The van der Waals surface area contributed by atoms with Crippen molar-refractivity contribution in [2.45, 2.75) is 0 Å². The average molecular weight is 380 g/mol. The fraction of sp³-hybridized carbons (Fsp3) is 0. The summed E-state index contributed by atoms with van der Waals surface area (Å²) in [4.78, 5) is 7.50. The number of hydrogen-bond donors (Lipinski definition) is 0. The van der Waals surface area contributed by atoms with Crippen LogP contribution in [0.25, 0.3) is 59.4 Å². The van der Waals surface area contributed by atoms with Crippen molar-refractivity contribution >= 4 is 38.1 Å². The second-order valence-corrected chi connectivity index (χ2v) is 7.56. The fourth-order valence-corrected chi connectivity index (χ4v) is 4.49. The molecule has 6 aromatic rings. The summed E-state index contributed by atoms with van der Waals surface area (Å²) >= 11 is 0. The van der Waals surface area contributed by atoms with Crippen molar-refractivity contribution in [3.05, 3.63) is 109 Å². The van der Waals surface area contributed by atoms with Gasteiger partial charge in [0.25, 0.3) is 5.82 Å². The molecule has 2 heteroatoms. The van der Waals surface area contributed by atoms with Gasteiger partial charge in [0.1, 0.15) is 6.20 Å². The van der Waals surface area contributed by atoms with Gasteiger partial charge in [-0.25, -0.2) is 0 Å². The Morgan fingerprint density at radius 3 is 2.03 bits per heavy atom. The van der Waals surface area contributed by atoms with Crippen LogP contribution in [0, 0.1) is 6.57 Å². The lowest BCUT2D eigenvalue weighted by Gasteiger charge is -2.14. The largest absolute Gasteiger partial charge is 0.361 e. The molecule has 0 saturated carbocycles. The maximum Gasteiger partial charge on any atom is 0.270 e. The van der Waals surface area contributed by atoms with Crippen molar-refractivity contribution < 1.29 is 0 Å². The van der Waals surface area contributed by atoms with Crippen LogP contribution in [0.15, 0.2) is 97.2 Å². The number of rotatable bonds is 2. The zero-order valence-electron chi connectivity index (χ0n) is 16.1. The second kappa shape index (κ2) is 6.40. The Morgan fingerprint density at radius 1 is 0.600 bits per heavy atom. The molecule has 5 aromatic carbocycles. The normalized spacial score (nSPS) is 11.3. The van der Waals surface area contributed by atoms with Crippen LogP contribution in [0.5, 0.6) is 0 Å². The third-order valence-corrected chi connectivity index (χ3v) is 5.92. The first kappa shape index (κ1) is 16.7. The minimum atomic E-state index is 0.420. The van der Waals surface area contributed by atoms with E-state index in [2.05, 4.69) is 88.7 Å². The van der Waals surface area contributed by atoms with E-state index in [-0.39, 0.29) is 0 Å². The molecule has 0 unspecified atom stereocenters. The third-order valence-electron chi connectivity index (χ3n) is 5.92. The van der Waals surface area contributed by atoms with E-state index in [1.165, 1.54) is 43.4 Å². The van der Waals surface area contributed by atoms with Crippen molar-refractivity contribution in [2.24, 2.45) is 0 Å². The Hall–Kier alpha value is -4.22. The molecule has 0 atom stereocenters. The SMILES string of the molecule is [C-]#[N+]c1cc(-c2ccc(-c3ccc4ccc5cccc6ccc3c4c56)cc2)ccn1. The molecule has 30 heavy (non-hydrogen) atoms. The molecule has 0 bridgehead atoms. The molecule has 6 rings (SSSR count). The quantitative estimate of drug-likeness (QED) is 0.221. The second-order valence-electron chi connectivity index (χ2n) is 7.56. The first-order valence-electron chi connectivity index (χ1n) is 9.93. The van der Waals surface area contributed by atoms with Gasteiger partial charge in [-0.15, -0.1) is 4.98 Å². The molecular weight excluding hydrogens is 364 g/mol. The van der Waals surface area contributed by atoms with E-state index < -0.39 is 0 Å². The molecule has 2 nitrogen and oxygen atoms in total. The molecule has 0 aliphatic heterocycles. The standard InChI is InChI=1S/C28H16N2/c1-29-26-17-23(15-16-30-26)18-5-7-19(8-6-18)24-13-11-22-10-9-20-3-2-4-21-12-14-25(24)28(22)27(20)21/h2-17H. The third kappa shape index (κ3) is 2.46. The summed E-state index contributed by atoms with van der Waals surface area (Å²) in [5.74, 6) is 0.420. The Morgan fingerprint density at radius 2 is 1.27 bits per heavy atom. The summed E-state index contributed by atoms with van der Waals surface area (Å²) in [6.07, 6.45) is 1.69. The topological polar surface area (TPSA) is 17.2 Å². The molecule has 1 aromatic heterocycles. The zero-order chi connectivity index (χ0) is 20.1. The molecule has 0 N–H and O–H groups in total.